The van der Waals surface area contributed by atoms with E-state index in [1.165, 1.54) is 5.57 Å². The summed E-state index contributed by atoms with van der Waals surface area (Å²) in [7, 11) is 0. The molecular formula is C36H41NO4. The smallest absolute Gasteiger partial charge is 0.335 e. The largest absolute Gasteiger partial charge is 0.478 e. The maximum atomic E-state index is 12.8. The molecule has 0 saturated heterocycles. The van der Waals surface area contributed by atoms with Gasteiger partial charge in [-0.05, 0) is 92.1 Å². The van der Waals surface area contributed by atoms with Crippen LogP contribution in [0.15, 0.2) is 75.6 Å². The minimum absolute atomic E-state index is 0.00673. The number of allylic oxidation sites excluding steroid dienone is 2. The van der Waals surface area contributed by atoms with Crippen LogP contribution in [0.4, 0.5) is 0 Å². The molecule has 0 atom stereocenters. The average molecular weight is 552 g/mol. The second kappa shape index (κ2) is 14.4. The molecule has 0 aliphatic heterocycles. The molecule has 0 spiro atoms. The first kappa shape index (κ1) is 31.3. The van der Waals surface area contributed by atoms with Crippen molar-refractivity contribution in [1.82, 2.24) is 4.98 Å². The fraction of sp³-hybridized carbons (Fsp3) is 0.306. The lowest BCUT2D eigenvalue weighted by molar-refractivity contribution is 0.0695. The van der Waals surface area contributed by atoms with E-state index < -0.39 is 5.97 Å². The minimum Gasteiger partial charge on any atom is -0.478 e. The summed E-state index contributed by atoms with van der Waals surface area (Å²) in [6, 6.07) is 16.7. The third-order valence-corrected chi connectivity index (χ3v) is 6.96. The molecule has 0 amide bonds. The monoisotopic (exact) mass is 551 g/mol. The Morgan fingerprint density at radius 1 is 1.02 bits per heavy atom. The van der Waals surface area contributed by atoms with Crippen LogP contribution in [0.2, 0.25) is 0 Å². The Bertz CT molecular complexity index is 1640. The first-order valence-corrected chi connectivity index (χ1v) is 14.3. The van der Waals surface area contributed by atoms with E-state index in [4.69, 9.17) is 9.52 Å². The maximum absolute atomic E-state index is 12.8. The number of aromatic carboxylic acids is 1. The van der Waals surface area contributed by atoms with Crippen molar-refractivity contribution in [3.8, 4) is 0 Å². The highest BCUT2D eigenvalue weighted by atomic mass is 16.4. The van der Waals surface area contributed by atoms with Crippen molar-refractivity contribution in [1.29, 1.82) is 0 Å². The molecule has 0 radical (unpaired) electrons. The van der Waals surface area contributed by atoms with E-state index in [1.807, 2.05) is 57.2 Å². The van der Waals surface area contributed by atoms with Crippen molar-refractivity contribution in [2.45, 2.75) is 73.6 Å². The summed E-state index contributed by atoms with van der Waals surface area (Å²) in [4.78, 5) is 28.0. The van der Waals surface area contributed by atoms with Gasteiger partial charge < -0.3 is 9.52 Å². The maximum Gasteiger partial charge on any atom is 0.335 e. The van der Waals surface area contributed by atoms with Crippen molar-refractivity contribution in [3.63, 3.8) is 0 Å². The number of hydrogen-bond acceptors (Lipinski definition) is 4. The van der Waals surface area contributed by atoms with Gasteiger partial charge >= 0.3 is 5.97 Å². The number of fused-ring (bicyclic) bond motifs is 1. The molecule has 5 heteroatoms. The molecule has 0 aliphatic carbocycles. The highest BCUT2D eigenvalue weighted by Gasteiger charge is 2.14. The second-order valence-corrected chi connectivity index (χ2v) is 10.7. The summed E-state index contributed by atoms with van der Waals surface area (Å²) in [5.41, 5.74) is 8.28. The standard InChI is InChI=1S/C26H29NO2.C10H12O2/c1-7-17(4)13-23-20(9-8-10-27-23)14-19(6)25-15-24(28)22-12-18(5)11-21(16(2)3)26(22)29-25;1-2-5-8-6-3-4-7-9(8)10(11)12/h8-16H,7H2,1-6H3;3-4,6-7H,2,5H2,1H3,(H,11,12)/b17-13-,19-14+;. The highest BCUT2D eigenvalue weighted by Crippen LogP contribution is 2.29. The number of aryl methyl sites for hydroxylation is 2. The van der Waals surface area contributed by atoms with Gasteiger partial charge in [0.1, 0.15) is 11.3 Å². The number of nitrogens with zero attached hydrogens (tertiary/aromatic N) is 1. The van der Waals surface area contributed by atoms with Crippen molar-refractivity contribution >= 4 is 34.7 Å². The number of rotatable bonds is 8. The zero-order chi connectivity index (χ0) is 30.1. The van der Waals surface area contributed by atoms with Gasteiger partial charge in [0, 0.05) is 17.8 Å². The lowest BCUT2D eigenvalue weighted by Gasteiger charge is -2.12. The summed E-state index contributed by atoms with van der Waals surface area (Å²) < 4.78 is 6.26. The van der Waals surface area contributed by atoms with Crippen LogP contribution >= 0.6 is 0 Å². The molecule has 5 nitrogen and oxygen atoms in total. The van der Waals surface area contributed by atoms with Crippen LogP contribution < -0.4 is 5.43 Å². The molecule has 0 saturated carbocycles. The van der Waals surface area contributed by atoms with E-state index in [2.05, 4.69) is 44.8 Å². The van der Waals surface area contributed by atoms with Crippen molar-refractivity contribution < 1.29 is 14.3 Å². The summed E-state index contributed by atoms with van der Waals surface area (Å²) in [5, 5.41) is 9.44. The molecule has 1 N–H and O–H groups in total. The first-order valence-electron chi connectivity index (χ1n) is 14.3. The van der Waals surface area contributed by atoms with Crippen LogP contribution in [-0.4, -0.2) is 16.1 Å². The average Bonchev–Trinajstić information content (AvgIpc) is 2.94. The predicted octanol–water partition coefficient (Wildman–Crippen LogP) is 9.33. The molecule has 41 heavy (non-hydrogen) atoms. The quantitative estimate of drug-likeness (QED) is 0.236. The Kier molecular flexibility index (Phi) is 11.0. The number of hydrogen-bond donors (Lipinski definition) is 1. The number of carbonyl (C=O) groups is 1. The molecule has 2 aromatic heterocycles. The molecule has 2 heterocycles. The molecule has 0 aliphatic rings. The van der Waals surface area contributed by atoms with E-state index >= 15 is 0 Å². The Hall–Kier alpha value is -4.25. The topological polar surface area (TPSA) is 80.4 Å². The fourth-order valence-electron chi connectivity index (χ4n) is 4.59. The zero-order valence-electron chi connectivity index (χ0n) is 25.2. The van der Waals surface area contributed by atoms with Gasteiger partial charge in [0.2, 0.25) is 0 Å². The van der Waals surface area contributed by atoms with Gasteiger partial charge in [-0.25, -0.2) is 4.79 Å². The van der Waals surface area contributed by atoms with Gasteiger partial charge in [0.15, 0.2) is 5.43 Å². The van der Waals surface area contributed by atoms with Gasteiger partial charge in [-0.3, -0.25) is 9.78 Å². The second-order valence-electron chi connectivity index (χ2n) is 10.7. The molecule has 0 unspecified atom stereocenters. The van der Waals surface area contributed by atoms with E-state index in [9.17, 15) is 9.59 Å². The number of pyridine rings is 1. The van der Waals surface area contributed by atoms with Crippen LogP contribution in [0.3, 0.4) is 0 Å². The van der Waals surface area contributed by atoms with Crippen LogP contribution in [0.25, 0.3) is 28.7 Å². The van der Waals surface area contributed by atoms with Crippen LogP contribution in [0.1, 0.15) is 104 Å². The SMILES string of the molecule is CC/C(C)=C\c1ncccc1/C=C(\C)c1cc(=O)c2cc(C)cc(C(C)C)c2o1.CCCc1ccccc1C(=O)O. The fourth-order valence-corrected chi connectivity index (χ4v) is 4.59. The molecule has 0 fully saturated rings. The minimum atomic E-state index is -0.834. The van der Waals surface area contributed by atoms with Crippen molar-refractivity contribution in [2.75, 3.05) is 0 Å². The van der Waals surface area contributed by atoms with Gasteiger partial charge in [0.05, 0.1) is 16.6 Å². The number of carboxylic acid groups (broad SMARTS) is 1. The van der Waals surface area contributed by atoms with Crippen LogP contribution in [0.5, 0.6) is 0 Å². The third-order valence-electron chi connectivity index (χ3n) is 6.96. The van der Waals surface area contributed by atoms with Crippen LogP contribution in [-0.2, 0) is 6.42 Å². The van der Waals surface area contributed by atoms with Gasteiger partial charge in [0.25, 0.3) is 0 Å². The van der Waals surface area contributed by atoms with E-state index in [0.717, 1.165) is 52.8 Å². The number of aromatic nitrogens is 1. The van der Waals surface area contributed by atoms with Gasteiger partial charge in [-0.2, -0.15) is 0 Å². The molecule has 4 rings (SSSR count). The van der Waals surface area contributed by atoms with E-state index in [1.54, 1.807) is 24.4 Å². The third kappa shape index (κ3) is 8.14. The van der Waals surface area contributed by atoms with Crippen molar-refractivity contribution in [2.24, 2.45) is 0 Å². The predicted molar refractivity (Wildman–Crippen MR) is 170 cm³/mol. The lowest BCUT2D eigenvalue weighted by Crippen LogP contribution is -2.04. The Labute approximate surface area is 243 Å². The van der Waals surface area contributed by atoms with E-state index in [0.29, 0.717) is 22.3 Å². The lowest BCUT2D eigenvalue weighted by atomic mass is 9.97. The zero-order valence-corrected chi connectivity index (χ0v) is 25.2. The Balaban J connectivity index is 0.000000322. The number of carboxylic acids is 1. The van der Waals surface area contributed by atoms with E-state index in [-0.39, 0.29) is 11.3 Å². The first-order chi connectivity index (χ1) is 19.5. The summed E-state index contributed by atoms with van der Waals surface area (Å²) in [5.74, 6) is 0.0328. The highest BCUT2D eigenvalue weighted by molar-refractivity contribution is 5.89. The van der Waals surface area contributed by atoms with Gasteiger partial charge in [-0.15, -0.1) is 0 Å². The molecule has 214 valence electrons. The molecular weight excluding hydrogens is 510 g/mol. The van der Waals surface area contributed by atoms with Gasteiger partial charge in [-0.1, -0.05) is 70.0 Å². The molecule has 0 bridgehead atoms. The van der Waals surface area contributed by atoms with Crippen LogP contribution in [0, 0.1) is 6.92 Å². The normalized spacial score (nSPS) is 11.9. The Morgan fingerprint density at radius 2 is 1.76 bits per heavy atom. The summed E-state index contributed by atoms with van der Waals surface area (Å²) >= 11 is 0. The molecule has 2 aromatic carbocycles. The molecule has 4 aromatic rings. The summed E-state index contributed by atoms with van der Waals surface area (Å²) in [6.45, 7) is 14.5. The summed E-state index contributed by atoms with van der Waals surface area (Å²) in [6.07, 6.45) is 8.74. The Morgan fingerprint density at radius 3 is 2.41 bits per heavy atom. The van der Waals surface area contributed by atoms with Crippen molar-refractivity contribution in [3.05, 3.63) is 116 Å². The number of benzene rings is 2.